The average Bonchev–Trinajstić information content (AvgIpc) is 2.32. The van der Waals surface area contributed by atoms with Gasteiger partial charge in [-0.2, -0.15) is 0 Å². The molecule has 1 atom stereocenters. The molecule has 74 valence electrons. The molecule has 1 aliphatic heterocycles. The van der Waals surface area contributed by atoms with Crippen molar-refractivity contribution < 1.29 is 4.79 Å². The third kappa shape index (κ3) is 1.41. The minimum Gasteiger partial charge on any atom is -0.315 e. The van der Waals surface area contributed by atoms with Crippen molar-refractivity contribution in [2.24, 2.45) is 5.92 Å². The van der Waals surface area contributed by atoms with Gasteiger partial charge in [0.25, 0.3) is 0 Å². The molecule has 0 fully saturated rings. The number of para-hydroxylation sites is 1. The van der Waals surface area contributed by atoms with Gasteiger partial charge >= 0.3 is 0 Å². The Bertz CT molecular complexity index is 359. The highest BCUT2D eigenvalue weighted by Crippen LogP contribution is 2.27. The van der Waals surface area contributed by atoms with E-state index in [1.807, 2.05) is 32.2 Å². The van der Waals surface area contributed by atoms with Crippen molar-refractivity contribution in [3.05, 3.63) is 29.8 Å². The lowest BCUT2D eigenvalue weighted by Gasteiger charge is -2.19. The molecule has 2 heteroatoms. The Labute approximate surface area is 84.5 Å². The molecule has 1 aliphatic rings. The topological polar surface area (TPSA) is 20.3 Å². The predicted molar refractivity (Wildman–Crippen MR) is 57.3 cm³/mol. The maximum absolute atomic E-state index is 11.8. The molecule has 0 saturated heterocycles. The standard InChI is InChI=1S/C12H15NO/c1-9-7-8-10-5-3-4-6-11(10)13(2)12(9)14/h3-6,9H,7-8H2,1-2H3. The monoisotopic (exact) mass is 189 g/mol. The lowest BCUT2D eigenvalue weighted by atomic mass is 10.0. The van der Waals surface area contributed by atoms with Crippen LogP contribution in [0, 0.1) is 5.92 Å². The summed E-state index contributed by atoms with van der Waals surface area (Å²) in [4.78, 5) is 13.6. The van der Waals surface area contributed by atoms with E-state index < -0.39 is 0 Å². The van der Waals surface area contributed by atoms with Crippen molar-refractivity contribution in [1.29, 1.82) is 0 Å². The van der Waals surface area contributed by atoms with Gasteiger partial charge in [0, 0.05) is 18.7 Å². The highest BCUT2D eigenvalue weighted by molar-refractivity contribution is 5.95. The third-order valence-corrected chi connectivity index (χ3v) is 2.95. The second-order valence-corrected chi connectivity index (χ2v) is 3.97. The number of amides is 1. The van der Waals surface area contributed by atoms with E-state index in [-0.39, 0.29) is 11.8 Å². The molecule has 0 aliphatic carbocycles. The molecule has 1 amide bonds. The summed E-state index contributed by atoms with van der Waals surface area (Å²) in [6.07, 6.45) is 1.97. The Morgan fingerprint density at radius 2 is 2.07 bits per heavy atom. The summed E-state index contributed by atoms with van der Waals surface area (Å²) < 4.78 is 0. The predicted octanol–water partition coefficient (Wildman–Crippen LogP) is 2.23. The summed E-state index contributed by atoms with van der Waals surface area (Å²) >= 11 is 0. The highest BCUT2D eigenvalue weighted by Gasteiger charge is 2.23. The van der Waals surface area contributed by atoms with Crippen LogP contribution in [0.25, 0.3) is 0 Å². The van der Waals surface area contributed by atoms with Gasteiger partial charge in [-0.15, -0.1) is 0 Å². The van der Waals surface area contributed by atoms with E-state index in [0.717, 1.165) is 18.5 Å². The fourth-order valence-corrected chi connectivity index (χ4v) is 1.99. The zero-order valence-corrected chi connectivity index (χ0v) is 8.66. The van der Waals surface area contributed by atoms with E-state index in [4.69, 9.17) is 0 Å². The molecular formula is C12H15NO. The van der Waals surface area contributed by atoms with E-state index in [1.165, 1.54) is 5.56 Å². The Hall–Kier alpha value is -1.31. The molecule has 0 bridgehead atoms. The van der Waals surface area contributed by atoms with Gasteiger partial charge in [0.1, 0.15) is 0 Å². The quantitative estimate of drug-likeness (QED) is 0.613. The number of hydrogen-bond acceptors (Lipinski definition) is 1. The molecule has 1 aromatic rings. The van der Waals surface area contributed by atoms with E-state index >= 15 is 0 Å². The number of fused-ring (bicyclic) bond motifs is 1. The molecule has 0 N–H and O–H groups in total. The number of benzene rings is 1. The first-order chi connectivity index (χ1) is 6.70. The summed E-state index contributed by atoms with van der Waals surface area (Å²) in [7, 11) is 1.86. The van der Waals surface area contributed by atoms with Gasteiger partial charge < -0.3 is 4.90 Å². The maximum atomic E-state index is 11.8. The zero-order valence-electron chi connectivity index (χ0n) is 8.66. The normalized spacial score (nSPS) is 21.7. The average molecular weight is 189 g/mol. The van der Waals surface area contributed by atoms with Gasteiger partial charge in [-0.25, -0.2) is 0 Å². The van der Waals surface area contributed by atoms with Gasteiger partial charge in [0.15, 0.2) is 0 Å². The number of hydrogen-bond donors (Lipinski definition) is 0. The molecule has 14 heavy (non-hydrogen) atoms. The van der Waals surface area contributed by atoms with Gasteiger partial charge in [-0.3, -0.25) is 4.79 Å². The van der Waals surface area contributed by atoms with Crippen molar-refractivity contribution in [2.75, 3.05) is 11.9 Å². The van der Waals surface area contributed by atoms with Gasteiger partial charge in [-0.05, 0) is 24.5 Å². The number of nitrogens with zero attached hydrogens (tertiary/aromatic N) is 1. The van der Waals surface area contributed by atoms with Gasteiger partial charge in [0.2, 0.25) is 5.91 Å². The molecule has 0 spiro atoms. The number of carbonyl (C=O) groups is 1. The largest absolute Gasteiger partial charge is 0.315 e. The van der Waals surface area contributed by atoms with Crippen LogP contribution >= 0.6 is 0 Å². The third-order valence-electron chi connectivity index (χ3n) is 2.95. The minimum atomic E-state index is 0.146. The van der Waals surface area contributed by atoms with Crippen LogP contribution in [0.3, 0.4) is 0 Å². The lowest BCUT2D eigenvalue weighted by molar-refractivity contribution is -0.121. The first-order valence-corrected chi connectivity index (χ1v) is 5.05. The number of rotatable bonds is 0. The molecule has 0 radical (unpaired) electrons. The molecule has 1 heterocycles. The second-order valence-electron chi connectivity index (χ2n) is 3.97. The Balaban J connectivity index is 2.45. The van der Waals surface area contributed by atoms with E-state index in [0.29, 0.717) is 0 Å². The fraction of sp³-hybridized carbons (Fsp3) is 0.417. The minimum absolute atomic E-state index is 0.146. The van der Waals surface area contributed by atoms with Crippen LogP contribution in [0.4, 0.5) is 5.69 Å². The van der Waals surface area contributed by atoms with Crippen LogP contribution in [0.15, 0.2) is 24.3 Å². The Morgan fingerprint density at radius 1 is 1.36 bits per heavy atom. The number of aryl methyl sites for hydroxylation is 1. The zero-order chi connectivity index (χ0) is 10.1. The summed E-state index contributed by atoms with van der Waals surface area (Å²) in [5.74, 6) is 0.377. The SMILES string of the molecule is CC1CCc2ccccc2N(C)C1=O. The van der Waals surface area contributed by atoms with Crippen LogP contribution in [0.1, 0.15) is 18.9 Å². The molecule has 2 rings (SSSR count). The van der Waals surface area contributed by atoms with Crippen molar-refractivity contribution in [2.45, 2.75) is 19.8 Å². The van der Waals surface area contributed by atoms with Crippen molar-refractivity contribution in [3.8, 4) is 0 Å². The van der Waals surface area contributed by atoms with Gasteiger partial charge in [0.05, 0.1) is 0 Å². The molecule has 2 nitrogen and oxygen atoms in total. The van der Waals surface area contributed by atoms with Crippen LogP contribution in [-0.2, 0) is 11.2 Å². The maximum Gasteiger partial charge on any atom is 0.229 e. The first kappa shape index (κ1) is 9.25. The Morgan fingerprint density at radius 3 is 2.86 bits per heavy atom. The van der Waals surface area contributed by atoms with Crippen LogP contribution in [0.5, 0.6) is 0 Å². The number of anilines is 1. The second kappa shape index (κ2) is 3.45. The van der Waals surface area contributed by atoms with Crippen molar-refractivity contribution in [3.63, 3.8) is 0 Å². The van der Waals surface area contributed by atoms with Crippen LogP contribution in [0.2, 0.25) is 0 Å². The number of carbonyl (C=O) groups excluding carboxylic acids is 1. The van der Waals surface area contributed by atoms with Crippen LogP contribution < -0.4 is 4.90 Å². The van der Waals surface area contributed by atoms with Gasteiger partial charge in [-0.1, -0.05) is 25.1 Å². The van der Waals surface area contributed by atoms with Crippen molar-refractivity contribution >= 4 is 11.6 Å². The summed E-state index contributed by atoms with van der Waals surface area (Å²) in [6, 6.07) is 8.15. The molecule has 0 saturated carbocycles. The summed E-state index contributed by atoms with van der Waals surface area (Å²) in [6.45, 7) is 2.00. The van der Waals surface area contributed by atoms with E-state index in [2.05, 4.69) is 6.07 Å². The molecular weight excluding hydrogens is 174 g/mol. The van der Waals surface area contributed by atoms with E-state index in [9.17, 15) is 4.79 Å². The highest BCUT2D eigenvalue weighted by atomic mass is 16.2. The molecule has 1 unspecified atom stereocenters. The molecule has 1 aromatic carbocycles. The lowest BCUT2D eigenvalue weighted by Crippen LogP contribution is -2.30. The summed E-state index contributed by atoms with van der Waals surface area (Å²) in [5.41, 5.74) is 2.36. The molecule has 0 aromatic heterocycles. The fourth-order valence-electron chi connectivity index (χ4n) is 1.99. The van der Waals surface area contributed by atoms with Crippen LogP contribution in [-0.4, -0.2) is 13.0 Å². The van der Waals surface area contributed by atoms with Crippen molar-refractivity contribution in [1.82, 2.24) is 0 Å². The smallest absolute Gasteiger partial charge is 0.229 e. The first-order valence-electron chi connectivity index (χ1n) is 5.05. The summed E-state index contributed by atoms with van der Waals surface area (Å²) in [5, 5.41) is 0. The Kier molecular flexibility index (Phi) is 2.28. The van der Waals surface area contributed by atoms with E-state index in [1.54, 1.807) is 4.90 Å².